The van der Waals surface area contributed by atoms with Gasteiger partial charge in [0.1, 0.15) is 5.76 Å². The lowest BCUT2D eigenvalue weighted by Crippen LogP contribution is -2.16. The van der Waals surface area contributed by atoms with Crippen LogP contribution in [0.2, 0.25) is 0 Å². The van der Waals surface area contributed by atoms with Gasteiger partial charge in [-0.25, -0.2) is 0 Å². The third kappa shape index (κ3) is 2.13. The van der Waals surface area contributed by atoms with Gasteiger partial charge in [0, 0.05) is 24.7 Å². The van der Waals surface area contributed by atoms with E-state index in [1.165, 1.54) is 29.9 Å². The van der Waals surface area contributed by atoms with Crippen molar-refractivity contribution in [1.82, 2.24) is 5.16 Å². The van der Waals surface area contributed by atoms with Crippen LogP contribution in [0.1, 0.15) is 74.3 Å². The van der Waals surface area contributed by atoms with E-state index in [0.717, 1.165) is 26.1 Å². The van der Waals surface area contributed by atoms with E-state index in [9.17, 15) is 0 Å². The Morgan fingerprint density at radius 2 is 1.76 bits per heavy atom. The Labute approximate surface area is 103 Å². The first-order valence-electron chi connectivity index (χ1n) is 6.84. The van der Waals surface area contributed by atoms with E-state index in [4.69, 9.17) is 9.26 Å². The molecule has 3 nitrogen and oxygen atoms in total. The fourth-order valence-corrected chi connectivity index (χ4v) is 2.78. The van der Waals surface area contributed by atoms with Crippen LogP contribution in [-0.2, 0) is 4.74 Å². The lowest BCUT2D eigenvalue weighted by molar-refractivity contribution is 0.0848. The van der Waals surface area contributed by atoms with E-state index in [1.54, 1.807) is 0 Å². The fourth-order valence-electron chi connectivity index (χ4n) is 2.78. The van der Waals surface area contributed by atoms with Crippen molar-refractivity contribution in [3.8, 4) is 0 Å². The van der Waals surface area contributed by atoms with Gasteiger partial charge in [0.25, 0.3) is 0 Å². The van der Waals surface area contributed by atoms with E-state index < -0.39 is 0 Å². The minimum atomic E-state index is 0.462. The Bertz CT molecular complexity index is 367. The fraction of sp³-hybridized carbons (Fsp3) is 0.786. The largest absolute Gasteiger partial charge is 0.381 e. The highest BCUT2D eigenvalue weighted by molar-refractivity contribution is 5.34. The second-order valence-corrected chi connectivity index (χ2v) is 5.66. The zero-order chi connectivity index (χ0) is 11.8. The molecular weight excluding hydrogens is 214 g/mol. The first-order valence-corrected chi connectivity index (χ1v) is 6.84. The second kappa shape index (κ2) is 4.45. The van der Waals surface area contributed by atoms with Gasteiger partial charge in [0.15, 0.2) is 0 Å². The highest BCUT2D eigenvalue weighted by Gasteiger charge is 2.35. The number of ether oxygens (including phenoxy) is 1. The lowest BCUT2D eigenvalue weighted by Gasteiger charge is -2.23. The maximum absolute atomic E-state index is 5.64. The summed E-state index contributed by atoms with van der Waals surface area (Å²) < 4.78 is 11.1. The van der Waals surface area contributed by atoms with E-state index in [2.05, 4.69) is 19.0 Å². The van der Waals surface area contributed by atoms with Gasteiger partial charge in [-0.1, -0.05) is 19.0 Å². The van der Waals surface area contributed by atoms with Crippen LogP contribution >= 0.6 is 0 Å². The van der Waals surface area contributed by atoms with Gasteiger partial charge >= 0.3 is 0 Å². The third-order valence-electron chi connectivity index (χ3n) is 3.91. The molecular formula is C14H21NO2. The van der Waals surface area contributed by atoms with Gasteiger partial charge in [-0.15, -0.1) is 0 Å². The van der Waals surface area contributed by atoms with Crippen LogP contribution in [-0.4, -0.2) is 18.4 Å². The van der Waals surface area contributed by atoms with Gasteiger partial charge in [0.05, 0.1) is 5.69 Å². The molecule has 2 fully saturated rings. The maximum Gasteiger partial charge on any atom is 0.143 e. The monoisotopic (exact) mass is 235 g/mol. The predicted octanol–water partition coefficient (Wildman–Crippen LogP) is 3.57. The SMILES string of the molecule is CC(C)c1noc(C2CC2)c1C1CCOCC1. The van der Waals surface area contributed by atoms with E-state index >= 15 is 0 Å². The predicted molar refractivity (Wildman–Crippen MR) is 65.4 cm³/mol. The summed E-state index contributed by atoms with van der Waals surface area (Å²) in [6.07, 6.45) is 4.81. The molecule has 17 heavy (non-hydrogen) atoms. The number of hydrogen-bond donors (Lipinski definition) is 0. The van der Waals surface area contributed by atoms with Crippen molar-refractivity contribution in [1.29, 1.82) is 0 Å². The molecule has 1 aliphatic heterocycles. The first-order chi connectivity index (χ1) is 8.27. The summed E-state index contributed by atoms with van der Waals surface area (Å²) >= 11 is 0. The summed E-state index contributed by atoms with van der Waals surface area (Å²) in [6.45, 7) is 6.18. The molecule has 1 aromatic heterocycles. The molecule has 1 saturated heterocycles. The molecule has 1 saturated carbocycles. The van der Waals surface area contributed by atoms with Crippen LogP contribution in [0, 0.1) is 0 Å². The Hall–Kier alpha value is -0.830. The van der Waals surface area contributed by atoms with Gasteiger partial charge < -0.3 is 9.26 Å². The molecule has 1 aromatic rings. The van der Waals surface area contributed by atoms with Crippen molar-refractivity contribution < 1.29 is 9.26 Å². The van der Waals surface area contributed by atoms with Gasteiger partial charge in [0.2, 0.25) is 0 Å². The summed E-state index contributed by atoms with van der Waals surface area (Å²) in [5.41, 5.74) is 2.63. The molecule has 0 unspecified atom stereocenters. The molecule has 0 bridgehead atoms. The normalized spacial score (nSPS) is 22.3. The Kier molecular flexibility index (Phi) is 2.95. The van der Waals surface area contributed by atoms with Crippen LogP contribution in [0.5, 0.6) is 0 Å². The molecule has 2 heterocycles. The first kappa shape index (κ1) is 11.3. The van der Waals surface area contributed by atoms with Gasteiger partial charge in [-0.05, 0) is 37.5 Å². The molecule has 2 aliphatic rings. The van der Waals surface area contributed by atoms with Gasteiger partial charge in [-0.2, -0.15) is 0 Å². The molecule has 0 amide bonds. The smallest absolute Gasteiger partial charge is 0.143 e. The summed E-state index contributed by atoms with van der Waals surface area (Å²) in [7, 11) is 0. The molecule has 1 aliphatic carbocycles. The number of rotatable bonds is 3. The van der Waals surface area contributed by atoms with Gasteiger partial charge in [-0.3, -0.25) is 0 Å². The van der Waals surface area contributed by atoms with E-state index in [1.807, 2.05) is 0 Å². The third-order valence-corrected chi connectivity index (χ3v) is 3.91. The Balaban J connectivity index is 1.94. The minimum Gasteiger partial charge on any atom is -0.381 e. The summed E-state index contributed by atoms with van der Waals surface area (Å²) in [5.74, 6) is 2.93. The second-order valence-electron chi connectivity index (χ2n) is 5.66. The van der Waals surface area contributed by atoms with Crippen molar-refractivity contribution in [3.05, 3.63) is 17.0 Å². The van der Waals surface area contributed by atoms with Crippen LogP contribution < -0.4 is 0 Å². The molecule has 0 N–H and O–H groups in total. The molecule has 3 heteroatoms. The number of nitrogens with zero attached hydrogens (tertiary/aromatic N) is 1. The van der Waals surface area contributed by atoms with Crippen LogP contribution in [0.25, 0.3) is 0 Å². The number of aromatic nitrogens is 1. The standard InChI is InChI=1S/C14H21NO2/c1-9(2)13-12(10-5-7-16-8-6-10)14(17-15-13)11-3-4-11/h9-11H,3-8H2,1-2H3. The van der Waals surface area contributed by atoms with E-state index in [-0.39, 0.29) is 0 Å². The average Bonchev–Trinajstić information content (AvgIpc) is 3.08. The molecule has 3 rings (SSSR count). The van der Waals surface area contributed by atoms with Crippen LogP contribution in [0.4, 0.5) is 0 Å². The highest BCUT2D eigenvalue weighted by atomic mass is 16.5. The van der Waals surface area contributed by atoms with E-state index in [0.29, 0.717) is 17.8 Å². The summed E-state index contributed by atoms with van der Waals surface area (Å²) in [5, 5.41) is 4.34. The number of hydrogen-bond acceptors (Lipinski definition) is 3. The van der Waals surface area contributed by atoms with Crippen molar-refractivity contribution in [2.45, 2.75) is 57.3 Å². The quantitative estimate of drug-likeness (QED) is 0.803. The minimum absolute atomic E-state index is 0.462. The molecule has 0 atom stereocenters. The Morgan fingerprint density at radius 1 is 1.06 bits per heavy atom. The van der Waals surface area contributed by atoms with Crippen molar-refractivity contribution in [2.24, 2.45) is 0 Å². The molecule has 0 aromatic carbocycles. The van der Waals surface area contributed by atoms with Crippen molar-refractivity contribution in [3.63, 3.8) is 0 Å². The topological polar surface area (TPSA) is 35.3 Å². The zero-order valence-corrected chi connectivity index (χ0v) is 10.7. The van der Waals surface area contributed by atoms with Crippen LogP contribution in [0.3, 0.4) is 0 Å². The molecule has 94 valence electrons. The lowest BCUT2D eigenvalue weighted by atomic mass is 9.86. The maximum atomic E-state index is 5.64. The molecule has 0 spiro atoms. The summed E-state index contributed by atoms with van der Waals surface area (Å²) in [6, 6.07) is 0. The van der Waals surface area contributed by atoms with Crippen molar-refractivity contribution >= 4 is 0 Å². The highest BCUT2D eigenvalue weighted by Crippen LogP contribution is 2.46. The Morgan fingerprint density at radius 3 is 2.35 bits per heavy atom. The zero-order valence-electron chi connectivity index (χ0n) is 10.7. The van der Waals surface area contributed by atoms with Crippen LogP contribution in [0.15, 0.2) is 4.52 Å². The molecule has 0 radical (unpaired) electrons. The van der Waals surface area contributed by atoms with Crippen molar-refractivity contribution in [2.75, 3.05) is 13.2 Å². The average molecular weight is 235 g/mol. The summed E-state index contributed by atoms with van der Waals surface area (Å²) in [4.78, 5) is 0.